The molecule has 0 atom stereocenters. The van der Waals surface area contributed by atoms with E-state index >= 15 is 0 Å². The normalized spacial score (nSPS) is 10.7. The Kier molecular flexibility index (Phi) is 7.23. The summed E-state index contributed by atoms with van der Waals surface area (Å²) < 4.78 is 1.68. The molecule has 0 bridgehead atoms. The molecule has 164 valence electrons. The molecule has 2 heterocycles. The third kappa shape index (κ3) is 5.60. The predicted octanol–water partition coefficient (Wildman–Crippen LogP) is 2.38. The minimum absolute atomic E-state index is 0.0920. The average molecular weight is 444 g/mol. The van der Waals surface area contributed by atoms with Gasteiger partial charge in [-0.3, -0.25) is 9.59 Å². The first-order valence-corrected chi connectivity index (χ1v) is 10.8. The van der Waals surface area contributed by atoms with Crippen molar-refractivity contribution in [3.05, 3.63) is 23.8 Å². The van der Waals surface area contributed by atoms with E-state index in [4.69, 9.17) is 0 Å². The van der Waals surface area contributed by atoms with Crippen molar-refractivity contribution < 1.29 is 9.59 Å². The molecule has 0 fully saturated rings. The molecule has 31 heavy (non-hydrogen) atoms. The molecular formula is C19H25N9O2S. The summed E-state index contributed by atoms with van der Waals surface area (Å²) in [6, 6.07) is 5.43. The highest BCUT2D eigenvalue weighted by Crippen LogP contribution is 2.25. The Hall–Kier alpha value is -3.41. The molecule has 2 aromatic heterocycles. The Morgan fingerprint density at radius 1 is 1.03 bits per heavy atom. The first-order valence-electron chi connectivity index (χ1n) is 9.83. The lowest BCUT2D eigenvalue weighted by Gasteiger charge is -2.12. The van der Waals surface area contributed by atoms with Crippen molar-refractivity contribution in [1.82, 2.24) is 24.6 Å². The fraction of sp³-hybridized carbons (Fsp3) is 0.368. The van der Waals surface area contributed by atoms with Crippen LogP contribution in [0.4, 0.5) is 23.3 Å². The van der Waals surface area contributed by atoms with Crippen molar-refractivity contribution in [1.29, 1.82) is 0 Å². The van der Waals surface area contributed by atoms with Gasteiger partial charge in [-0.2, -0.15) is 9.97 Å². The number of nitrogens with zero attached hydrogens (tertiary/aromatic N) is 5. The Morgan fingerprint density at radius 2 is 1.81 bits per heavy atom. The lowest BCUT2D eigenvalue weighted by atomic mass is 10.2. The molecule has 0 aliphatic rings. The van der Waals surface area contributed by atoms with Crippen molar-refractivity contribution >= 4 is 52.6 Å². The van der Waals surface area contributed by atoms with Gasteiger partial charge in [-0.1, -0.05) is 17.8 Å². The van der Waals surface area contributed by atoms with Crippen LogP contribution in [0.25, 0.3) is 5.78 Å². The third-order valence-electron chi connectivity index (χ3n) is 4.01. The minimum atomic E-state index is -0.242. The zero-order valence-electron chi connectivity index (χ0n) is 17.8. The van der Waals surface area contributed by atoms with E-state index in [1.165, 1.54) is 18.7 Å². The maximum absolute atomic E-state index is 12.6. The van der Waals surface area contributed by atoms with Gasteiger partial charge in [0, 0.05) is 20.0 Å². The molecule has 3 aromatic rings. The van der Waals surface area contributed by atoms with Crippen LogP contribution in [-0.2, 0) is 9.59 Å². The van der Waals surface area contributed by atoms with Crippen LogP contribution in [0.3, 0.4) is 0 Å². The molecule has 1 aromatic carbocycles. The van der Waals surface area contributed by atoms with Gasteiger partial charge in [0.1, 0.15) is 0 Å². The summed E-state index contributed by atoms with van der Waals surface area (Å²) in [5.74, 6) is 1.03. The molecule has 0 aliphatic carbocycles. The lowest BCUT2D eigenvalue weighted by Crippen LogP contribution is -2.17. The monoisotopic (exact) mass is 443 g/mol. The van der Waals surface area contributed by atoms with Crippen LogP contribution in [0, 0.1) is 6.92 Å². The number of carbonyl (C=O) groups is 2. The van der Waals surface area contributed by atoms with Gasteiger partial charge < -0.3 is 21.3 Å². The van der Waals surface area contributed by atoms with Crippen LogP contribution in [0.1, 0.15) is 26.3 Å². The zero-order chi connectivity index (χ0) is 22.4. The van der Waals surface area contributed by atoms with Crippen LogP contribution in [0.5, 0.6) is 0 Å². The number of hydrogen-bond acceptors (Lipinski definition) is 9. The molecule has 0 aliphatic heterocycles. The quantitative estimate of drug-likeness (QED) is 0.367. The topological polar surface area (TPSA) is 138 Å². The zero-order valence-corrected chi connectivity index (χ0v) is 18.6. The van der Waals surface area contributed by atoms with Gasteiger partial charge in [-0.15, -0.1) is 10.2 Å². The standard InChI is InChI=1S/C19H25N9O2S/c1-5-20-16-24-17(21-6-2)28-18(25-16)26-27-19(28)31-10-15(30)23-14-9-11(3)7-8-13(14)22-12(4)29/h7-9H,5-6,10H2,1-4H3,(H,22,29)(H,23,30)(H2,20,21,24,25,26). The maximum atomic E-state index is 12.6. The summed E-state index contributed by atoms with van der Waals surface area (Å²) in [4.78, 5) is 32.8. The molecule has 0 radical (unpaired) electrons. The number of fused-ring (bicyclic) bond motifs is 1. The van der Waals surface area contributed by atoms with Crippen molar-refractivity contribution in [3.63, 3.8) is 0 Å². The van der Waals surface area contributed by atoms with Crippen LogP contribution in [0.15, 0.2) is 23.4 Å². The van der Waals surface area contributed by atoms with Crippen LogP contribution >= 0.6 is 11.8 Å². The number of benzene rings is 1. The van der Waals surface area contributed by atoms with Crippen molar-refractivity contribution in [2.75, 3.05) is 40.1 Å². The smallest absolute Gasteiger partial charge is 0.261 e. The van der Waals surface area contributed by atoms with Gasteiger partial charge in [0.05, 0.1) is 17.1 Å². The van der Waals surface area contributed by atoms with E-state index in [0.29, 0.717) is 47.3 Å². The largest absolute Gasteiger partial charge is 0.355 e. The minimum Gasteiger partial charge on any atom is -0.355 e. The van der Waals surface area contributed by atoms with Crippen molar-refractivity contribution in [2.45, 2.75) is 32.9 Å². The molecule has 2 amide bonds. The van der Waals surface area contributed by atoms with E-state index < -0.39 is 0 Å². The SMILES string of the molecule is CCNc1nc(NCC)n2c(SCC(=O)Nc3cc(C)ccc3NC(C)=O)nnc2n1. The van der Waals surface area contributed by atoms with Gasteiger partial charge >= 0.3 is 0 Å². The number of carbonyl (C=O) groups excluding carboxylic acids is 2. The molecular weight excluding hydrogens is 418 g/mol. The first-order chi connectivity index (χ1) is 14.9. The van der Waals surface area contributed by atoms with Crippen molar-refractivity contribution in [3.8, 4) is 0 Å². The number of amides is 2. The van der Waals surface area contributed by atoms with E-state index in [0.717, 1.165) is 5.56 Å². The summed E-state index contributed by atoms with van der Waals surface area (Å²) in [7, 11) is 0. The second-order valence-corrected chi connectivity index (χ2v) is 7.56. The van der Waals surface area contributed by atoms with Crippen LogP contribution in [0.2, 0.25) is 0 Å². The lowest BCUT2D eigenvalue weighted by molar-refractivity contribution is -0.115. The summed E-state index contributed by atoms with van der Waals surface area (Å²) in [5, 5.41) is 20.6. The fourth-order valence-corrected chi connectivity index (χ4v) is 3.50. The summed E-state index contributed by atoms with van der Waals surface area (Å²) in [6.45, 7) is 8.57. The van der Waals surface area contributed by atoms with E-state index in [-0.39, 0.29) is 17.6 Å². The molecule has 4 N–H and O–H groups in total. The van der Waals surface area contributed by atoms with E-state index in [9.17, 15) is 9.59 Å². The first kappa shape index (κ1) is 22.3. The highest BCUT2D eigenvalue weighted by Gasteiger charge is 2.16. The number of anilines is 4. The van der Waals surface area contributed by atoms with Gasteiger partial charge in [0.15, 0.2) is 5.16 Å². The van der Waals surface area contributed by atoms with Crippen LogP contribution in [-0.4, -0.2) is 55.2 Å². The Balaban J connectivity index is 1.76. The second kappa shape index (κ2) is 10.1. The molecule has 12 heteroatoms. The maximum Gasteiger partial charge on any atom is 0.261 e. The number of hydrogen-bond donors (Lipinski definition) is 4. The van der Waals surface area contributed by atoms with E-state index in [1.54, 1.807) is 16.5 Å². The molecule has 0 unspecified atom stereocenters. The van der Waals surface area contributed by atoms with Gasteiger partial charge in [0.2, 0.25) is 23.7 Å². The molecule has 3 rings (SSSR count). The van der Waals surface area contributed by atoms with Gasteiger partial charge in [-0.05, 0) is 38.5 Å². The number of aryl methyl sites for hydroxylation is 1. The Morgan fingerprint density at radius 3 is 2.52 bits per heavy atom. The molecule has 0 spiro atoms. The molecule has 0 saturated carbocycles. The number of aromatic nitrogens is 5. The predicted molar refractivity (Wildman–Crippen MR) is 122 cm³/mol. The van der Waals surface area contributed by atoms with Gasteiger partial charge in [-0.25, -0.2) is 4.40 Å². The third-order valence-corrected chi connectivity index (χ3v) is 4.94. The average Bonchev–Trinajstić information content (AvgIpc) is 3.12. The summed E-state index contributed by atoms with van der Waals surface area (Å²) >= 11 is 1.22. The number of thioether (sulfide) groups is 1. The van der Waals surface area contributed by atoms with Crippen molar-refractivity contribution in [2.24, 2.45) is 0 Å². The highest BCUT2D eigenvalue weighted by molar-refractivity contribution is 7.99. The Bertz CT molecular complexity index is 1100. The second-order valence-electron chi connectivity index (χ2n) is 6.62. The number of nitrogens with one attached hydrogen (secondary N) is 4. The summed E-state index contributed by atoms with van der Waals surface area (Å²) in [6.07, 6.45) is 0. The van der Waals surface area contributed by atoms with Crippen LogP contribution < -0.4 is 21.3 Å². The summed E-state index contributed by atoms with van der Waals surface area (Å²) in [5.41, 5.74) is 2.05. The number of rotatable bonds is 9. The highest BCUT2D eigenvalue weighted by atomic mass is 32.2. The molecule has 0 saturated heterocycles. The van der Waals surface area contributed by atoms with E-state index in [2.05, 4.69) is 41.4 Å². The van der Waals surface area contributed by atoms with Gasteiger partial charge in [0.25, 0.3) is 5.78 Å². The molecule has 11 nitrogen and oxygen atoms in total. The van der Waals surface area contributed by atoms with E-state index in [1.807, 2.05) is 26.8 Å². The fourth-order valence-electron chi connectivity index (χ4n) is 2.77. The Labute approximate surface area is 183 Å².